The molecule has 2 rings (SSSR count). The van der Waals surface area contributed by atoms with Gasteiger partial charge in [-0.25, -0.2) is 0 Å². The molecule has 3 heteroatoms. The van der Waals surface area contributed by atoms with Crippen molar-refractivity contribution in [2.24, 2.45) is 11.5 Å². The number of ketones is 1. The monoisotopic (exact) mass is 232 g/mol. The molecule has 0 amide bonds. The first-order valence-corrected chi connectivity index (χ1v) is 6.17. The predicted octanol–water partition coefficient (Wildman–Crippen LogP) is 1.78. The molecule has 1 fully saturated rings. The van der Waals surface area contributed by atoms with Gasteiger partial charge in [-0.2, -0.15) is 0 Å². The molecule has 1 aromatic carbocycles. The van der Waals surface area contributed by atoms with Gasteiger partial charge in [0.15, 0.2) is 5.78 Å². The molecule has 0 unspecified atom stereocenters. The van der Waals surface area contributed by atoms with Crippen LogP contribution in [0.2, 0.25) is 0 Å². The zero-order chi connectivity index (χ0) is 12.5. The highest BCUT2D eigenvalue weighted by Gasteiger charge is 2.37. The van der Waals surface area contributed by atoms with Crippen molar-refractivity contribution in [1.82, 2.24) is 0 Å². The molecule has 17 heavy (non-hydrogen) atoms. The van der Waals surface area contributed by atoms with Crippen molar-refractivity contribution in [3.05, 3.63) is 35.4 Å². The highest BCUT2D eigenvalue weighted by molar-refractivity contribution is 6.03. The Morgan fingerprint density at radius 1 is 1.24 bits per heavy atom. The van der Waals surface area contributed by atoms with Gasteiger partial charge in [-0.3, -0.25) is 4.79 Å². The summed E-state index contributed by atoms with van der Waals surface area (Å²) in [5.74, 6) is 0.0596. The van der Waals surface area contributed by atoms with Crippen LogP contribution >= 0.6 is 0 Å². The van der Waals surface area contributed by atoms with Crippen molar-refractivity contribution < 1.29 is 4.79 Å². The van der Waals surface area contributed by atoms with Crippen LogP contribution in [-0.2, 0) is 0 Å². The van der Waals surface area contributed by atoms with Crippen molar-refractivity contribution >= 4 is 5.78 Å². The van der Waals surface area contributed by atoms with Crippen LogP contribution in [0.4, 0.5) is 0 Å². The topological polar surface area (TPSA) is 69.1 Å². The van der Waals surface area contributed by atoms with Gasteiger partial charge in [0.25, 0.3) is 0 Å². The van der Waals surface area contributed by atoms with Crippen LogP contribution in [0.3, 0.4) is 0 Å². The van der Waals surface area contributed by atoms with Gasteiger partial charge in [-0.15, -0.1) is 0 Å². The number of rotatable bonds is 2. The first-order valence-electron chi connectivity index (χ1n) is 6.17. The minimum atomic E-state index is -0.703. The van der Waals surface area contributed by atoms with E-state index in [0.29, 0.717) is 18.4 Å². The van der Waals surface area contributed by atoms with Crippen LogP contribution in [0.25, 0.3) is 0 Å². The number of carbonyl (C=O) groups is 1. The number of benzene rings is 1. The highest BCUT2D eigenvalue weighted by Crippen LogP contribution is 2.28. The molecule has 0 radical (unpaired) electrons. The van der Waals surface area contributed by atoms with E-state index >= 15 is 0 Å². The van der Waals surface area contributed by atoms with E-state index in [1.165, 1.54) is 0 Å². The zero-order valence-corrected chi connectivity index (χ0v) is 10.3. The maximum absolute atomic E-state index is 12.4. The van der Waals surface area contributed by atoms with Gasteiger partial charge < -0.3 is 11.5 Å². The normalized spacial score (nSPS) is 29.0. The zero-order valence-electron chi connectivity index (χ0n) is 10.3. The second kappa shape index (κ2) is 4.59. The Labute approximate surface area is 102 Å². The molecule has 0 bridgehead atoms. The minimum Gasteiger partial charge on any atom is -0.328 e. The van der Waals surface area contributed by atoms with Crippen LogP contribution in [0, 0.1) is 6.92 Å². The van der Waals surface area contributed by atoms with Gasteiger partial charge in [-0.1, -0.05) is 29.8 Å². The molecule has 0 aliphatic heterocycles. The number of hydrogen-bond donors (Lipinski definition) is 2. The summed E-state index contributed by atoms with van der Waals surface area (Å²) in [5.41, 5.74) is 13.2. The summed E-state index contributed by atoms with van der Waals surface area (Å²) >= 11 is 0. The molecule has 0 aromatic heterocycles. The van der Waals surface area contributed by atoms with E-state index in [9.17, 15) is 4.79 Å². The summed E-state index contributed by atoms with van der Waals surface area (Å²) in [6.07, 6.45) is 3.07. The second-order valence-corrected chi connectivity index (χ2v) is 5.19. The number of hydrogen-bond acceptors (Lipinski definition) is 3. The summed E-state index contributed by atoms with van der Waals surface area (Å²) in [7, 11) is 0. The lowest BCUT2D eigenvalue weighted by molar-refractivity contribution is 0.0841. The number of nitrogens with two attached hydrogens (primary N) is 2. The van der Waals surface area contributed by atoms with Crippen molar-refractivity contribution in [1.29, 1.82) is 0 Å². The summed E-state index contributed by atoms with van der Waals surface area (Å²) in [6, 6.07) is 7.83. The molecule has 0 atom stereocenters. The van der Waals surface area contributed by atoms with Gasteiger partial charge in [0.1, 0.15) is 0 Å². The van der Waals surface area contributed by atoms with Gasteiger partial charge in [0.05, 0.1) is 5.54 Å². The maximum Gasteiger partial charge on any atom is 0.182 e. The molecule has 4 N–H and O–H groups in total. The maximum atomic E-state index is 12.4. The van der Waals surface area contributed by atoms with E-state index in [1.54, 1.807) is 0 Å². The van der Waals surface area contributed by atoms with Crippen LogP contribution in [0.1, 0.15) is 41.6 Å². The molecule has 3 nitrogen and oxygen atoms in total. The third-order valence-electron chi connectivity index (χ3n) is 3.69. The number of aryl methyl sites for hydroxylation is 1. The minimum absolute atomic E-state index is 0.0596. The first-order chi connectivity index (χ1) is 8.01. The Bertz CT molecular complexity index is 403. The summed E-state index contributed by atoms with van der Waals surface area (Å²) in [6.45, 7) is 2.01. The SMILES string of the molecule is Cc1ccc(C(=O)C2(N)CCC(N)CC2)cc1. The van der Waals surface area contributed by atoms with Crippen molar-refractivity contribution in [2.75, 3.05) is 0 Å². The van der Waals surface area contributed by atoms with Crippen LogP contribution in [0.5, 0.6) is 0 Å². The summed E-state index contributed by atoms with van der Waals surface area (Å²) < 4.78 is 0. The van der Waals surface area contributed by atoms with Crippen molar-refractivity contribution in [3.8, 4) is 0 Å². The smallest absolute Gasteiger partial charge is 0.182 e. The Kier molecular flexibility index (Phi) is 3.31. The molecule has 1 aromatic rings. The fraction of sp³-hybridized carbons (Fsp3) is 0.500. The third kappa shape index (κ3) is 2.56. The number of Topliss-reactive ketones (excluding diaryl/α,β-unsaturated/α-hetero) is 1. The van der Waals surface area contributed by atoms with E-state index in [2.05, 4.69) is 0 Å². The van der Waals surface area contributed by atoms with Crippen molar-refractivity contribution in [2.45, 2.75) is 44.2 Å². The van der Waals surface area contributed by atoms with Gasteiger partial charge >= 0.3 is 0 Å². The molecule has 0 heterocycles. The van der Waals surface area contributed by atoms with Crippen molar-refractivity contribution in [3.63, 3.8) is 0 Å². The fourth-order valence-electron chi connectivity index (χ4n) is 2.37. The second-order valence-electron chi connectivity index (χ2n) is 5.19. The standard InChI is InChI=1S/C14H20N2O/c1-10-2-4-11(5-3-10)13(17)14(16)8-6-12(15)7-9-14/h2-5,12H,6-9,15-16H2,1H3. The van der Waals surface area contributed by atoms with Gasteiger partial charge in [0.2, 0.25) is 0 Å². The largest absolute Gasteiger partial charge is 0.328 e. The van der Waals surface area contributed by atoms with Crippen LogP contribution < -0.4 is 11.5 Å². The Balaban J connectivity index is 2.16. The molecular formula is C14H20N2O. The fourth-order valence-corrected chi connectivity index (χ4v) is 2.37. The van der Waals surface area contributed by atoms with E-state index in [4.69, 9.17) is 11.5 Å². The molecule has 0 spiro atoms. The Morgan fingerprint density at radius 2 is 1.76 bits per heavy atom. The summed E-state index contributed by atoms with van der Waals surface area (Å²) in [5, 5.41) is 0. The molecule has 1 aliphatic rings. The van der Waals surface area contributed by atoms with Gasteiger partial charge in [0, 0.05) is 11.6 Å². The average molecular weight is 232 g/mol. The lowest BCUT2D eigenvalue weighted by Crippen LogP contribution is -2.52. The molecule has 1 aliphatic carbocycles. The molecular weight excluding hydrogens is 212 g/mol. The van der Waals surface area contributed by atoms with E-state index in [-0.39, 0.29) is 11.8 Å². The Hall–Kier alpha value is -1.19. The predicted molar refractivity (Wildman–Crippen MR) is 68.9 cm³/mol. The average Bonchev–Trinajstić information content (AvgIpc) is 2.33. The van der Waals surface area contributed by atoms with E-state index < -0.39 is 5.54 Å². The first kappa shape index (κ1) is 12.3. The lowest BCUT2D eigenvalue weighted by Gasteiger charge is -2.34. The molecule has 0 saturated heterocycles. The quantitative estimate of drug-likeness (QED) is 0.764. The molecule has 1 saturated carbocycles. The summed E-state index contributed by atoms with van der Waals surface area (Å²) in [4.78, 5) is 12.4. The third-order valence-corrected chi connectivity index (χ3v) is 3.69. The Morgan fingerprint density at radius 3 is 2.29 bits per heavy atom. The van der Waals surface area contributed by atoms with Gasteiger partial charge in [-0.05, 0) is 32.6 Å². The molecule has 92 valence electrons. The van der Waals surface area contributed by atoms with E-state index in [0.717, 1.165) is 18.4 Å². The number of carbonyl (C=O) groups excluding carboxylic acids is 1. The van der Waals surface area contributed by atoms with Crippen LogP contribution in [-0.4, -0.2) is 17.4 Å². The van der Waals surface area contributed by atoms with E-state index in [1.807, 2.05) is 31.2 Å². The lowest BCUT2D eigenvalue weighted by atomic mass is 9.76. The van der Waals surface area contributed by atoms with Crippen LogP contribution in [0.15, 0.2) is 24.3 Å². The highest BCUT2D eigenvalue weighted by atomic mass is 16.1.